The molecule has 0 saturated carbocycles. The van der Waals surface area contributed by atoms with Gasteiger partial charge < -0.3 is 29.9 Å². The van der Waals surface area contributed by atoms with E-state index in [9.17, 15) is 19.8 Å². The van der Waals surface area contributed by atoms with Crippen molar-refractivity contribution >= 4 is 11.8 Å². The van der Waals surface area contributed by atoms with Gasteiger partial charge in [-0.15, -0.1) is 0 Å². The number of nitrogens with zero attached hydrogens (tertiary/aromatic N) is 1. The van der Waals surface area contributed by atoms with Gasteiger partial charge in [0.05, 0.1) is 18.6 Å². The number of para-hydroxylation sites is 1. The molecule has 8 heteroatoms. The Morgan fingerprint density at radius 2 is 1.88 bits per heavy atom. The Hall–Kier alpha value is -3.20. The molecule has 0 fully saturated rings. The van der Waals surface area contributed by atoms with Gasteiger partial charge in [0, 0.05) is 31.3 Å². The third kappa shape index (κ3) is 4.70. The van der Waals surface area contributed by atoms with Crippen molar-refractivity contribution in [3.63, 3.8) is 0 Å². The van der Waals surface area contributed by atoms with Crippen molar-refractivity contribution in [2.45, 2.75) is 37.6 Å². The minimum absolute atomic E-state index is 0.0962. The fourth-order valence-electron chi connectivity index (χ4n) is 4.65. The van der Waals surface area contributed by atoms with Crippen molar-refractivity contribution in [2.75, 3.05) is 26.9 Å². The number of amides is 2. The quantitative estimate of drug-likeness (QED) is 0.541. The second-order valence-corrected chi connectivity index (χ2v) is 8.62. The first-order valence-corrected chi connectivity index (χ1v) is 11.3. The summed E-state index contributed by atoms with van der Waals surface area (Å²) in [7, 11) is 1.44. The van der Waals surface area contributed by atoms with Gasteiger partial charge >= 0.3 is 0 Å². The largest absolute Gasteiger partial charge is 0.486 e. The smallest absolute Gasteiger partial charge is 0.249 e. The number of fused-ring (bicyclic) bond motifs is 3. The van der Waals surface area contributed by atoms with Crippen LogP contribution in [0.2, 0.25) is 0 Å². The third-order valence-corrected chi connectivity index (χ3v) is 6.30. The van der Waals surface area contributed by atoms with Gasteiger partial charge in [-0.2, -0.15) is 0 Å². The fourth-order valence-corrected chi connectivity index (χ4v) is 4.65. The highest BCUT2D eigenvalue weighted by Crippen LogP contribution is 2.47. The van der Waals surface area contributed by atoms with Gasteiger partial charge in [-0.25, -0.2) is 0 Å². The predicted molar refractivity (Wildman–Crippen MR) is 125 cm³/mol. The number of nitrogens with one attached hydrogen (secondary N) is 1. The summed E-state index contributed by atoms with van der Waals surface area (Å²) in [5.74, 6) is -0.561. The van der Waals surface area contributed by atoms with E-state index in [0.717, 1.165) is 16.7 Å². The van der Waals surface area contributed by atoms with Gasteiger partial charge in [-0.3, -0.25) is 9.59 Å². The van der Waals surface area contributed by atoms with Gasteiger partial charge in [0.25, 0.3) is 0 Å². The van der Waals surface area contributed by atoms with Gasteiger partial charge in [-0.05, 0) is 24.6 Å². The molecule has 180 valence electrons. The summed E-state index contributed by atoms with van der Waals surface area (Å²) in [5, 5.41) is 23.3. The number of aliphatic hydroxyl groups excluding tert-OH is 2. The zero-order valence-corrected chi connectivity index (χ0v) is 19.3. The number of methoxy groups -OCH3 is 1. The van der Waals surface area contributed by atoms with E-state index in [0.29, 0.717) is 11.3 Å². The van der Waals surface area contributed by atoms with Crippen LogP contribution in [-0.2, 0) is 20.9 Å². The molecular weight excluding hydrogens is 436 g/mol. The van der Waals surface area contributed by atoms with E-state index in [2.05, 4.69) is 5.32 Å². The Morgan fingerprint density at radius 3 is 2.59 bits per heavy atom. The molecule has 0 aromatic heterocycles. The van der Waals surface area contributed by atoms with Crippen molar-refractivity contribution < 1.29 is 29.3 Å². The molecule has 2 aromatic carbocycles. The van der Waals surface area contributed by atoms with Crippen LogP contribution in [0.3, 0.4) is 0 Å². The lowest BCUT2D eigenvalue weighted by atomic mass is 9.77. The summed E-state index contributed by atoms with van der Waals surface area (Å²) in [6.07, 6.45) is -0.151. The van der Waals surface area contributed by atoms with E-state index in [4.69, 9.17) is 9.47 Å². The predicted octanol–water partition coefficient (Wildman–Crippen LogP) is 1.29. The van der Waals surface area contributed by atoms with E-state index in [-0.39, 0.29) is 38.1 Å². The Morgan fingerprint density at radius 1 is 1.15 bits per heavy atom. The minimum atomic E-state index is -1.07. The standard InChI is InChI=1S/C26H30N2O6/c1-16-7-9-17(10-8-16)14-28(22(30)15-33-2)20-13-19(26(32)27-11-12-29)23-18-5-3-4-6-21(18)34-25(23)24(20)31/h3-10,13,20,23-25,29,31H,11-12,14-15H2,1-2H3,(H,27,32). The zero-order chi connectivity index (χ0) is 24.2. The monoisotopic (exact) mass is 466 g/mol. The number of rotatable bonds is 8. The first-order chi connectivity index (χ1) is 16.4. The summed E-state index contributed by atoms with van der Waals surface area (Å²) in [4.78, 5) is 27.8. The summed E-state index contributed by atoms with van der Waals surface area (Å²) in [6.45, 7) is 1.95. The van der Waals surface area contributed by atoms with Crippen molar-refractivity contribution in [3.05, 3.63) is 76.9 Å². The third-order valence-electron chi connectivity index (χ3n) is 6.30. The SMILES string of the molecule is COCC(=O)N(Cc1ccc(C)cc1)C1C=C(C(=O)NCCO)C2c3ccccc3OC2C1O. The molecule has 1 aliphatic heterocycles. The van der Waals surface area contributed by atoms with E-state index in [1.165, 1.54) is 12.0 Å². The van der Waals surface area contributed by atoms with E-state index >= 15 is 0 Å². The van der Waals surface area contributed by atoms with Crippen LogP contribution in [0.4, 0.5) is 0 Å². The molecular formula is C26H30N2O6. The molecule has 0 radical (unpaired) electrons. The normalized spacial score (nSPS) is 22.8. The van der Waals surface area contributed by atoms with Crippen LogP contribution in [0, 0.1) is 6.92 Å². The topological polar surface area (TPSA) is 108 Å². The molecule has 4 atom stereocenters. The summed E-state index contributed by atoms with van der Waals surface area (Å²) >= 11 is 0. The van der Waals surface area contributed by atoms with Gasteiger partial charge in [0.2, 0.25) is 11.8 Å². The molecule has 3 N–H and O–H groups in total. The average Bonchev–Trinajstić information content (AvgIpc) is 3.23. The highest BCUT2D eigenvalue weighted by molar-refractivity contribution is 5.96. The number of carbonyl (C=O) groups excluding carboxylic acids is 2. The first-order valence-electron chi connectivity index (χ1n) is 11.3. The Labute approximate surface area is 198 Å². The van der Waals surface area contributed by atoms with Crippen LogP contribution in [-0.4, -0.2) is 72.0 Å². The van der Waals surface area contributed by atoms with Gasteiger partial charge in [0.15, 0.2) is 0 Å². The fraction of sp³-hybridized carbons (Fsp3) is 0.385. The first kappa shape index (κ1) is 23.9. The Kier molecular flexibility index (Phi) is 7.31. The summed E-state index contributed by atoms with van der Waals surface area (Å²) in [5.41, 5.74) is 3.19. The molecule has 2 amide bonds. The summed E-state index contributed by atoms with van der Waals surface area (Å²) in [6, 6.07) is 14.3. The van der Waals surface area contributed by atoms with Crippen molar-refractivity contribution in [1.29, 1.82) is 0 Å². The molecule has 0 bridgehead atoms. The molecule has 1 aliphatic carbocycles. The molecule has 0 spiro atoms. The highest BCUT2D eigenvalue weighted by Gasteiger charge is 2.50. The van der Waals surface area contributed by atoms with Crippen molar-refractivity contribution in [1.82, 2.24) is 10.2 Å². The van der Waals surface area contributed by atoms with Crippen LogP contribution < -0.4 is 10.1 Å². The van der Waals surface area contributed by atoms with Crippen molar-refractivity contribution in [2.24, 2.45) is 0 Å². The molecule has 4 unspecified atom stereocenters. The van der Waals surface area contributed by atoms with E-state index in [1.54, 1.807) is 12.1 Å². The highest BCUT2D eigenvalue weighted by atomic mass is 16.5. The van der Waals surface area contributed by atoms with Crippen LogP contribution in [0.5, 0.6) is 5.75 Å². The van der Waals surface area contributed by atoms with Gasteiger partial charge in [-0.1, -0.05) is 48.0 Å². The number of aryl methyl sites for hydroxylation is 1. The average molecular weight is 467 g/mol. The molecule has 4 rings (SSSR count). The molecule has 2 aromatic rings. The molecule has 1 heterocycles. The lowest BCUT2D eigenvalue weighted by molar-refractivity contribution is -0.141. The molecule has 2 aliphatic rings. The zero-order valence-electron chi connectivity index (χ0n) is 19.3. The number of benzene rings is 2. The number of hydrogen-bond donors (Lipinski definition) is 3. The Bertz CT molecular complexity index is 1070. The second-order valence-electron chi connectivity index (χ2n) is 8.62. The van der Waals surface area contributed by atoms with Crippen LogP contribution >= 0.6 is 0 Å². The maximum Gasteiger partial charge on any atom is 0.249 e. The lowest BCUT2D eigenvalue weighted by Crippen LogP contribution is -2.56. The van der Waals surface area contributed by atoms with E-state index < -0.39 is 24.2 Å². The minimum Gasteiger partial charge on any atom is -0.486 e. The lowest BCUT2D eigenvalue weighted by Gasteiger charge is -2.40. The summed E-state index contributed by atoms with van der Waals surface area (Å²) < 4.78 is 11.2. The molecule has 0 saturated heterocycles. The second kappa shape index (κ2) is 10.4. The maximum absolute atomic E-state index is 13.1. The van der Waals surface area contributed by atoms with Crippen LogP contribution in [0.25, 0.3) is 0 Å². The number of carbonyl (C=O) groups is 2. The van der Waals surface area contributed by atoms with Crippen LogP contribution in [0.15, 0.2) is 60.2 Å². The van der Waals surface area contributed by atoms with Crippen molar-refractivity contribution in [3.8, 4) is 5.75 Å². The van der Waals surface area contributed by atoms with E-state index in [1.807, 2.05) is 49.4 Å². The van der Waals surface area contributed by atoms with Gasteiger partial charge in [0.1, 0.15) is 24.6 Å². The maximum atomic E-state index is 13.1. The number of hydrogen-bond acceptors (Lipinski definition) is 6. The van der Waals surface area contributed by atoms with Crippen LogP contribution in [0.1, 0.15) is 22.6 Å². The molecule has 8 nitrogen and oxygen atoms in total. The number of aliphatic hydroxyl groups is 2. The molecule has 34 heavy (non-hydrogen) atoms. The Balaban J connectivity index is 1.74. The number of ether oxygens (including phenoxy) is 2.